The number of carbonyl (C=O) groups excluding carboxylic acids is 1. The van der Waals surface area contributed by atoms with Gasteiger partial charge in [-0.05, 0) is 30.7 Å². The summed E-state index contributed by atoms with van der Waals surface area (Å²) in [5.74, 6) is -0.224. The molecule has 1 fully saturated rings. The van der Waals surface area contributed by atoms with Crippen LogP contribution in [0.4, 0.5) is 13.2 Å². The number of hydrogen-bond acceptors (Lipinski definition) is 4. The van der Waals surface area contributed by atoms with Crippen molar-refractivity contribution in [2.45, 2.75) is 19.1 Å². The van der Waals surface area contributed by atoms with Crippen molar-refractivity contribution in [2.24, 2.45) is 0 Å². The van der Waals surface area contributed by atoms with Crippen molar-refractivity contribution in [1.82, 2.24) is 19.6 Å². The van der Waals surface area contributed by atoms with Crippen LogP contribution in [0.3, 0.4) is 0 Å². The largest absolute Gasteiger partial charge is 0.416 e. The highest BCUT2D eigenvalue weighted by molar-refractivity contribution is 5.95. The van der Waals surface area contributed by atoms with E-state index in [1.165, 1.54) is 23.0 Å². The molecule has 0 aliphatic carbocycles. The molecule has 0 saturated carbocycles. The molecule has 3 aromatic rings. The minimum atomic E-state index is -4.46. The summed E-state index contributed by atoms with van der Waals surface area (Å²) < 4.78 is 40.6. The van der Waals surface area contributed by atoms with E-state index in [9.17, 15) is 23.2 Å². The Morgan fingerprint density at radius 1 is 1.06 bits per heavy atom. The minimum Gasteiger partial charge on any atom is -0.336 e. The third-order valence-electron chi connectivity index (χ3n) is 5.86. The van der Waals surface area contributed by atoms with Crippen molar-refractivity contribution in [2.75, 3.05) is 26.2 Å². The number of nitrogens with zero attached hydrogens (tertiary/aromatic N) is 5. The zero-order valence-corrected chi connectivity index (χ0v) is 18.0. The van der Waals surface area contributed by atoms with Gasteiger partial charge in [-0.3, -0.25) is 9.69 Å². The first-order chi connectivity index (χ1) is 15.8. The van der Waals surface area contributed by atoms with Gasteiger partial charge < -0.3 is 4.90 Å². The van der Waals surface area contributed by atoms with E-state index in [2.05, 4.69) is 11.2 Å². The topological polar surface area (TPSA) is 65.2 Å². The second kappa shape index (κ2) is 9.08. The Morgan fingerprint density at radius 2 is 1.76 bits per heavy atom. The Kier molecular flexibility index (Phi) is 6.20. The zero-order chi connectivity index (χ0) is 23.6. The molecule has 0 spiro atoms. The number of alkyl halides is 3. The number of benzene rings is 2. The average Bonchev–Trinajstić information content (AvgIpc) is 3.21. The van der Waals surface area contributed by atoms with E-state index in [1.807, 2.05) is 35.2 Å². The lowest BCUT2D eigenvalue weighted by Gasteiger charge is -2.37. The smallest absolute Gasteiger partial charge is 0.336 e. The molecule has 1 unspecified atom stereocenters. The van der Waals surface area contributed by atoms with E-state index in [-0.39, 0.29) is 17.6 Å². The second-order valence-corrected chi connectivity index (χ2v) is 7.87. The summed E-state index contributed by atoms with van der Waals surface area (Å²) in [6, 6.07) is 16.3. The molecule has 1 saturated heterocycles. The van der Waals surface area contributed by atoms with Crippen LogP contribution >= 0.6 is 0 Å². The van der Waals surface area contributed by atoms with Crippen LogP contribution in [0.5, 0.6) is 0 Å². The Bertz CT molecular complexity index is 1170. The van der Waals surface area contributed by atoms with Crippen LogP contribution in [0.2, 0.25) is 0 Å². The molecule has 0 bridgehead atoms. The van der Waals surface area contributed by atoms with Gasteiger partial charge in [0.25, 0.3) is 5.91 Å². The van der Waals surface area contributed by atoms with Crippen LogP contribution in [-0.2, 0) is 6.18 Å². The lowest BCUT2D eigenvalue weighted by molar-refractivity contribution is -0.137. The zero-order valence-electron chi connectivity index (χ0n) is 18.0. The summed E-state index contributed by atoms with van der Waals surface area (Å²) in [4.78, 5) is 16.8. The normalized spacial score (nSPS) is 15.8. The number of piperazine rings is 1. The van der Waals surface area contributed by atoms with E-state index in [0.29, 0.717) is 37.4 Å². The molecule has 170 valence electrons. The van der Waals surface area contributed by atoms with Crippen LogP contribution in [0, 0.1) is 18.3 Å². The van der Waals surface area contributed by atoms with Gasteiger partial charge in [0.05, 0.1) is 34.8 Å². The maximum atomic E-state index is 13.1. The Balaban J connectivity index is 1.47. The van der Waals surface area contributed by atoms with E-state index in [1.54, 1.807) is 11.8 Å². The monoisotopic (exact) mass is 453 g/mol. The van der Waals surface area contributed by atoms with E-state index in [0.717, 1.165) is 17.7 Å². The predicted molar refractivity (Wildman–Crippen MR) is 116 cm³/mol. The lowest BCUT2D eigenvalue weighted by atomic mass is 10.1. The molecule has 2 heterocycles. The average molecular weight is 453 g/mol. The van der Waals surface area contributed by atoms with Crippen LogP contribution in [0.1, 0.15) is 33.2 Å². The third kappa shape index (κ3) is 4.61. The summed E-state index contributed by atoms with van der Waals surface area (Å²) >= 11 is 0. The van der Waals surface area contributed by atoms with E-state index in [4.69, 9.17) is 0 Å². The summed E-state index contributed by atoms with van der Waals surface area (Å²) in [5.41, 5.74) is 1.20. The van der Waals surface area contributed by atoms with Crippen LogP contribution in [0.15, 0.2) is 60.8 Å². The van der Waals surface area contributed by atoms with Crippen molar-refractivity contribution < 1.29 is 18.0 Å². The fourth-order valence-electron chi connectivity index (χ4n) is 4.05. The van der Waals surface area contributed by atoms with Gasteiger partial charge in [-0.15, -0.1) is 0 Å². The number of carbonyl (C=O) groups is 1. The second-order valence-electron chi connectivity index (χ2n) is 7.87. The number of amides is 1. The number of rotatable bonds is 4. The molecule has 4 rings (SSSR count). The number of halogens is 3. The van der Waals surface area contributed by atoms with Gasteiger partial charge in [0.15, 0.2) is 0 Å². The number of aromatic nitrogens is 2. The van der Waals surface area contributed by atoms with Crippen molar-refractivity contribution >= 4 is 5.91 Å². The van der Waals surface area contributed by atoms with Gasteiger partial charge in [-0.25, -0.2) is 4.68 Å². The summed E-state index contributed by atoms with van der Waals surface area (Å²) in [5, 5.41) is 13.8. The quantitative estimate of drug-likeness (QED) is 0.593. The molecule has 1 amide bonds. The molecule has 9 heteroatoms. The third-order valence-corrected chi connectivity index (χ3v) is 5.86. The minimum absolute atomic E-state index is 0.224. The van der Waals surface area contributed by atoms with Gasteiger partial charge in [-0.1, -0.05) is 36.4 Å². The molecule has 0 radical (unpaired) electrons. The van der Waals surface area contributed by atoms with Crippen LogP contribution in [0.25, 0.3) is 5.69 Å². The molecule has 1 aromatic heterocycles. The van der Waals surface area contributed by atoms with Crippen molar-refractivity contribution in [3.05, 3.63) is 83.2 Å². The lowest BCUT2D eigenvalue weighted by Crippen LogP contribution is -2.49. The number of hydrogen-bond donors (Lipinski definition) is 0. The maximum Gasteiger partial charge on any atom is 0.416 e. The summed E-state index contributed by atoms with van der Waals surface area (Å²) in [7, 11) is 0. The highest BCUT2D eigenvalue weighted by Crippen LogP contribution is 2.30. The Labute approximate surface area is 189 Å². The molecule has 0 N–H and O–H groups in total. The van der Waals surface area contributed by atoms with Gasteiger partial charge in [0.1, 0.15) is 6.04 Å². The van der Waals surface area contributed by atoms with Gasteiger partial charge in [-0.2, -0.15) is 23.5 Å². The highest BCUT2D eigenvalue weighted by Gasteiger charge is 2.31. The Morgan fingerprint density at radius 3 is 2.39 bits per heavy atom. The molecule has 1 atom stereocenters. The number of nitriles is 1. The SMILES string of the molecule is Cc1c(C(=O)N2CCN(C(C#N)c3ccccc3)CC2)cnn1-c1cccc(C(F)(F)F)c1. The molecule has 33 heavy (non-hydrogen) atoms. The van der Waals surface area contributed by atoms with Crippen LogP contribution < -0.4 is 0 Å². The summed E-state index contributed by atoms with van der Waals surface area (Å²) in [6.07, 6.45) is -3.07. The molecule has 6 nitrogen and oxygen atoms in total. The van der Waals surface area contributed by atoms with Gasteiger partial charge >= 0.3 is 6.18 Å². The fraction of sp³-hybridized carbons (Fsp3) is 0.292. The Hall–Kier alpha value is -3.64. The predicted octanol–water partition coefficient (Wildman–Crippen LogP) is 4.22. The van der Waals surface area contributed by atoms with Gasteiger partial charge in [0.2, 0.25) is 0 Å². The molecule has 1 aliphatic rings. The van der Waals surface area contributed by atoms with Gasteiger partial charge in [0, 0.05) is 26.2 Å². The maximum absolute atomic E-state index is 13.1. The van der Waals surface area contributed by atoms with Crippen molar-refractivity contribution in [1.29, 1.82) is 5.26 Å². The van der Waals surface area contributed by atoms with Crippen LogP contribution in [-0.4, -0.2) is 51.7 Å². The fourth-order valence-corrected chi connectivity index (χ4v) is 4.05. The first-order valence-corrected chi connectivity index (χ1v) is 10.5. The molecule has 1 aliphatic heterocycles. The standard InChI is InChI=1S/C24H22F3N5O/c1-17-21(16-29-32(17)20-9-5-8-19(14-20)24(25,26)27)23(33)31-12-10-30(11-13-31)22(15-28)18-6-3-2-4-7-18/h2-9,14,16,22H,10-13H2,1H3. The van der Waals surface area contributed by atoms with E-state index >= 15 is 0 Å². The molecular formula is C24H22F3N5O. The summed E-state index contributed by atoms with van der Waals surface area (Å²) in [6.45, 7) is 3.63. The van der Waals surface area contributed by atoms with Crippen molar-refractivity contribution in [3.63, 3.8) is 0 Å². The first-order valence-electron chi connectivity index (χ1n) is 10.5. The molecular weight excluding hydrogens is 431 g/mol. The molecule has 2 aromatic carbocycles. The highest BCUT2D eigenvalue weighted by atomic mass is 19.4. The first kappa shape index (κ1) is 22.6. The van der Waals surface area contributed by atoms with Crippen molar-refractivity contribution in [3.8, 4) is 11.8 Å². The van der Waals surface area contributed by atoms with E-state index < -0.39 is 11.7 Å².